The largest absolute Gasteiger partial charge is 0.377 e. The van der Waals surface area contributed by atoms with Crippen LogP contribution in [0.4, 0.5) is 0 Å². The van der Waals surface area contributed by atoms with Crippen molar-refractivity contribution in [3.8, 4) is 0 Å². The monoisotopic (exact) mass is 319 g/mol. The summed E-state index contributed by atoms with van der Waals surface area (Å²) in [6.45, 7) is 3.16. The first-order valence-corrected chi connectivity index (χ1v) is 8.19. The zero-order chi connectivity index (χ0) is 16.3. The molecule has 126 valence electrons. The molecule has 0 saturated carbocycles. The number of rotatable bonds is 3. The van der Waals surface area contributed by atoms with Crippen molar-refractivity contribution in [3.63, 3.8) is 0 Å². The molecule has 1 aromatic heterocycles. The molecule has 3 heterocycles. The van der Waals surface area contributed by atoms with Gasteiger partial charge in [0.15, 0.2) is 0 Å². The number of amides is 1. The number of pyridine rings is 1. The number of carbonyl (C=O) groups excluding carboxylic acids is 1. The lowest BCUT2D eigenvalue weighted by Crippen LogP contribution is -2.47. The van der Waals surface area contributed by atoms with Crippen molar-refractivity contribution in [2.45, 2.75) is 24.5 Å². The molecular formula is C17H25N3O3. The molecule has 2 aliphatic heterocycles. The molecule has 2 saturated heterocycles. The van der Waals surface area contributed by atoms with Crippen LogP contribution in [0, 0.1) is 0 Å². The first-order valence-electron chi connectivity index (χ1n) is 8.19. The highest BCUT2D eigenvalue weighted by Gasteiger charge is 2.44. The third-order valence-electron chi connectivity index (χ3n) is 4.43. The van der Waals surface area contributed by atoms with Gasteiger partial charge in [-0.25, -0.2) is 0 Å². The molecule has 6 heteroatoms. The maximum absolute atomic E-state index is 12.7. The van der Waals surface area contributed by atoms with E-state index >= 15 is 0 Å². The SMILES string of the molecule is CN(C)CC1CCC2(COCCN(C(=O)c3ccccn3)C2)O1. The van der Waals surface area contributed by atoms with E-state index in [0.29, 0.717) is 32.0 Å². The molecule has 2 aliphatic rings. The molecule has 1 amide bonds. The van der Waals surface area contributed by atoms with E-state index in [-0.39, 0.29) is 17.6 Å². The Morgan fingerprint density at radius 3 is 3.09 bits per heavy atom. The Labute approximate surface area is 137 Å². The van der Waals surface area contributed by atoms with Gasteiger partial charge in [-0.15, -0.1) is 0 Å². The standard InChI is InChI=1S/C17H25N3O3/c1-19(2)11-14-6-7-17(23-14)12-20(9-10-22-13-17)16(21)15-5-3-4-8-18-15/h3-5,8,14H,6-7,9-13H2,1-2H3. The van der Waals surface area contributed by atoms with Crippen LogP contribution in [0.25, 0.3) is 0 Å². The molecule has 0 bridgehead atoms. The number of aromatic nitrogens is 1. The number of hydrogen-bond donors (Lipinski definition) is 0. The second kappa shape index (κ2) is 6.95. The summed E-state index contributed by atoms with van der Waals surface area (Å²) in [5.41, 5.74) is 0.106. The lowest BCUT2D eigenvalue weighted by atomic mass is 10.00. The van der Waals surface area contributed by atoms with Crippen LogP contribution in [0.1, 0.15) is 23.3 Å². The number of nitrogens with zero attached hydrogens (tertiary/aromatic N) is 3. The first kappa shape index (κ1) is 16.4. The quantitative estimate of drug-likeness (QED) is 0.833. The van der Waals surface area contributed by atoms with Gasteiger partial charge in [-0.2, -0.15) is 0 Å². The molecule has 0 radical (unpaired) electrons. The molecule has 2 atom stereocenters. The highest BCUT2D eigenvalue weighted by molar-refractivity contribution is 5.92. The average molecular weight is 319 g/mol. The Morgan fingerprint density at radius 2 is 2.35 bits per heavy atom. The van der Waals surface area contributed by atoms with E-state index in [2.05, 4.69) is 24.0 Å². The maximum atomic E-state index is 12.7. The molecule has 2 fully saturated rings. The minimum Gasteiger partial charge on any atom is -0.377 e. The number of ether oxygens (including phenoxy) is 2. The van der Waals surface area contributed by atoms with Crippen LogP contribution in [0.2, 0.25) is 0 Å². The predicted octanol–water partition coefficient (Wildman–Crippen LogP) is 1.03. The summed E-state index contributed by atoms with van der Waals surface area (Å²) in [7, 11) is 4.10. The summed E-state index contributed by atoms with van der Waals surface area (Å²) >= 11 is 0. The van der Waals surface area contributed by atoms with E-state index in [4.69, 9.17) is 9.47 Å². The Hall–Kier alpha value is -1.50. The van der Waals surface area contributed by atoms with Gasteiger partial charge in [-0.05, 0) is 39.1 Å². The second-order valence-electron chi connectivity index (χ2n) is 6.72. The van der Waals surface area contributed by atoms with Gasteiger partial charge in [0.2, 0.25) is 0 Å². The third-order valence-corrected chi connectivity index (χ3v) is 4.43. The number of carbonyl (C=O) groups is 1. The van der Waals surface area contributed by atoms with E-state index < -0.39 is 0 Å². The fraction of sp³-hybridized carbons (Fsp3) is 0.647. The van der Waals surface area contributed by atoms with Gasteiger partial charge in [0, 0.05) is 19.3 Å². The van der Waals surface area contributed by atoms with E-state index in [1.54, 1.807) is 12.3 Å². The van der Waals surface area contributed by atoms with Crippen LogP contribution in [-0.4, -0.2) is 79.3 Å². The highest BCUT2D eigenvalue weighted by Crippen LogP contribution is 2.33. The summed E-state index contributed by atoms with van der Waals surface area (Å²) in [6.07, 6.45) is 3.79. The zero-order valence-electron chi connectivity index (χ0n) is 13.9. The summed E-state index contributed by atoms with van der Waals surface area (Å²) < 4.78 is 12.1. The van der Waals surface area contributed by atoms with Gasteiger partial charge in [-0.3, -0.25) is 9.78 Å². The van der Waals surface area contributed by atoms with Crippen molar-refractivity contribution in [1.82, 2.24) is 14.8 Å². The van der Waals surface area contributed by atoms with Crippen LogP contribution < -0.4 is 0 Å². The minimum absolute atomic E-state index is 0.0462. The summed E-state index contributed by atoms with van der Waals surface area (Å²) in [5.74, 6) is -0.0462. The van der Waals surface area contributed by atoms with Crippen LogP contribution in [0.15, 0.2) is 24.4 Å². The summed E-state index contributed by atoms with van der Waals surface area (Å²) in [6, 6.07) is 5.41. The third kappa shape index (κ3) is 3.88. The van der Waals surface area contributed by atoms with Crippen molar-refractivity contribution in [2.75, 3.05) is 46.9 Å². The van der Waals surface area contributed by atoms with Crippen LogP contribution in [-0.2, 0) is 9.47 Å². The lowest BCUT2D eigenvalue weighted by molar-refractivity contribution is -0.0878. The van der Waals surface area contributed by atoms with Gasteiger partial charge in [-0.1, -0.05) is 6.07 Å². The van der Waals surface area contributed by atoms with Gasteiger partial charge in [0.25, 0.3) is 5.91 Å². The second-order valence-corrected chi connectivity index (χ2v) is 6.72. The molecule has 1 aromatic rings. The van der Waals surface area contributed by atoms with Crippen molar-refractivity contribution in [3.05, 3.63) is 30.1 Å². The average Bonchev–Trinajstić information content (AvgIpc) is 2.79. The molecular weight excluding hydrogens is 294 g/mol. The molecule has 23 heavy (non-hydrogen) atoms. The zero-order valence-corrected chi connectivity index (χ0v) is 13.9. The van der Waals surface area contributed by atoms with E-state index in [1.165, 1.54) is 0 Å². The Morgan fingerprint density at radius 1 is 1.48 bits per heavy atom. The molecule has 2 unspecified atom stereocenters. The molecule has 1 spiro atoms. The molecule has 3 rings (SSSR count). The van der Waals surface area contributed by atoms with Gasteiger partial charge in [0.05, 0.1) is 25.9 Å². The highest BCUT2D eigenvalue weighted by atomic mass is 16.6. The summed E-state index contributed by atoms with van der Waals surface area (Å²) in [4.78, 5) is 20.8. The van der Waals surface area contributed by atoms with Crippen molar-refractivity contribution in [2.24, 2.45) is 0 Å². The van der Waals surface area contributed by atoms with Crippen molar-refractivity contribution < 1.29 is 14.3 Å². The molecule has 6 nitrogen and oxygen atoms in total. The van der Waals surface area contributed by atoms with Crippen LogP contribution in [0.3, 0.4) is 0 Å². The van der Waals surface area contributed by atoms with Crippen molar-refractivity contribution >= 4 is 5.91 Å². The molecule has 0 N–H and O–H groups in total. The predicted molar refractivity (Wildman–Crippen MR) is 86.4 cm³/mol. The number of likely N-dealkylation sites (N-methyl/N-ethyl adjacent to an activating group) is 1. The van der Waals surface area contributed by atoms with Crippen molar-refractivity contribution in [1.29, 1.82) is 0 Å². The minimum atomic E-state index is -0.373. The van der Waals surface area contributed by atoms with Crippen LogP contribution in [0.5, 0.6) is 0 Å². The lowest BCUT2D eigenvalue weighted by Gasteiger charge is -2.32. The van der Waals surface area contributed by atoms with E-state index in [1.807, 2.05) is 17.0 Å². The van der Waals surface area contributed by atoms with E-state index in [0.717, 1.165) is 19.4 Å². The Balaban J connectivity index is 1.70. The fourth-order valence-electron chi connectivity index (χ4n) is 3.38. The topological polar surface area (TPSA) is 54.9 Å². The van der Waals surface area contributed by atoms with Gasteiger partial charge < -0.3 is 19.3 Å². The Bertz CT molecular complexity index is 537. The van der Waals surface area contributed by atoms with Gasteiger partial charge in [0.1, 0.15) is 11.3 Å². The first-order chi connectivity index (χ1) is 11.1. The summed E-state index contributed by atoms with van der Waals surface area (Å²) in [5, 5.41) is 0. The van der Waals surface area contributed by atoms with Gasteiger partial charge >= 0.3 is 0 Å². The number of hydrogen-bond acceptors (Lipinski definition) is 5. The molecule has 0 aromatic carbocycles. The fourth-order valence-corrected chi connectivity index (χ4v) is 3.38. The van der Waals surface area contributed by atoms with E-state index in [9.17, 15) is 4.79 Å². The normalized spacial score (nSPS) is 28.3. The maximum Gasteiger partial charge on any atom is 0.272 e. The Kier molecular flexibility index (Phi) is 4.94. The molecule has 0 aliphatic carbocycles. The smallest absolute Gasteiger partial charge is 0.272 e. The van der Waals surface area contributed by atoms with Crippen LogP contribution >= 0.6 is 0 Å².